The lowest BCUT2D eigenvalue weighted by atomic mass is 10.1. The lowest BCUT2D eigenvalue weighted by Gasteiger charge is -2.36. The fourth-order valence-corrected chi connectivity index (χ4v) is 3.07. The molecule has 0 spiro atoms. The summed E-state index contributed by atoms with van der Waals surface area (Å²) in [6, 6.07) is 12.2. The zero-order valence-electron chi connectivity index (χ0n) is 13.2. The van der Waals surface area contributed by atoms with Crippen molar-refractivity contribution < 1.29 is 9.53 Å². The van der Waals surface area contributed by atoms with E-state index in [4.69, 9.17) is 4.74 Å². The molecule has 0 radical (unpaired) electrons. The predicted octanol–water partition coefficient (Wildman–Crippen LogP) is 2.48. The molecule has 3 rings (SSSR count). The molecular formula is C18H22N2O2. The van der Waals surface area contributed by atoms with E-state index in [-0.39, 0.29) is 11.9 Å². The molecule has 0 saturated carbocycles. The van der Waals surface area contributed by atoms with Crippen molar-refractivity contribution in [2.24, 2.45) is 7.05 Å². The van der Waals surface area contributed by atoms with Gasteiger partial charge >= 0.3 is 0 Å². The molecule has 2 heterocycles. The molecular weight excluding hydrogens is 276 g/mol. The third-order valence-electron chi connectivity index (χ3n) is 4.21. The van der Waals surface area contributed by atoms with Crippen LogP contribution >= 0.6 is 0 Å². The van der Waals surface area contributed by atoms with Gasteiger partial charge < -0.3 is 14.2 Å². The lowest BCUT2D eigenvalue weighted by molar-refractivity contribution is -0.139. The van der Waals surface area contributed by atoms with Crippen molar-refractivity contribution in [2.45, 2.75) is 19.4 Å². The second-order valence-corrected chi connectivity index (χ2v) is 5.89. The van der Waals surface area contributed by atoms with Crippen molar-refractivity contribution in [3.63, 3.8) is 0 Å². The Morgan fingerprint density at radius 3 is 2.91 bits per heavy atom. The van der Waals surface area contributed by atoms with Crippen molar-refractivity contribution in [3.8, 4) is 0 Å². The third kappa shape index (κ3) is 3.07. The van der Waals surface area contributed by atoms with Gasteiger partial charge in [-0.05, 0) is 24.6 Å². The number of aryl methyl sites for hydroxylation is 2. The number of hydrogen-bond acceptors (Lipinski definition) is 2. The Morgan fingerprint density at radius 2 is 2.18 bits per heavy atom. The SMILES string of the molecule is Cc1cccc(CC(=O)N2CCOC[C@@H]2c2cccn2C)c1. The van der Waals surface area contributed by atoms with Crippen LogP contribution in [0.1, 0.15) is 22.9 Å². The van der Waals surface area contributed by atoms with Gasteiger partial charge in [-0.3, -0.25) is 4.79 Å². The van der Waals surface area contributed by atoms with Crippen LogP contribution in [0.15, 0.2) is 42.6 Å². The number of rotatable bonds is 3. The second kappa shape index (κ2) is 6.36. The van der Waals surface area contributed by atoms with Crippen molar-refractivity contribution in [1.29, 1.82) is 0 Å². The first kappa shape index (κ1) is 14.9. The van der Waals surface area contributed by atoms with Gasteiger partial charge in [-0.1, -0.05) is 29.8 Å². The number of aromatic nitrogens is 1. The molecule has 116 valence electrons. The third-order valence-corrected chi connectivity index (χ3v) is 4.21. The fourth-order valence-electron chi connectivity index (χ4n) is 3.07. The van der Waals surface area contributed by atoms with E-state index < -0.39 is 0 Å². The number of ether oxygens (including phenoxy) is 1. The maximum Gasteiger partial charge on any atom is 0.227 e. The summed E-state index contributed by atoms with van der Waals surface area (Å²) in [7, 11) is 2.01. The number of carbonyl (C=O) groups is 1. The number of hydrogen-bond donors (Lipinski definition) is 0. The van der Waals surface area contributed by atoms with Crippen LogP contribution < -0.4 is 0 Å². The number of benzene rings is 1. The Bertz CT molecular complexity index is 663. The van der Waals surface area contributed by atoms with Gasteiger partial charge in [0, 0.05) is 25.5 Å². The van der Waals surface area contributed by atoms with E-state index in [0.717, 1.165) is 11.3 Å². The summed E-state index contributed by atoms with van der Waals surface area (Å²) in [4.78, 5) is 14.7. The zero-order chi connectivity index (χ0) is 15.5. The second-order valence-electron chi connectivity index (χ2n) is 5.89. The highest BCUT2D eigenvalue weighted by atomic mass is 16.5. The average molecular weight is 298 g/mol. The molecule has 22 heavy (non-hydrogen) atoms. The van der Waals surface area contributed by atoms with E-state index in [1.807, 2.05) is 36.3 Å². The maximum atomic E-state index is 12.8. The van der Waals surface area contributed by atoms with Gasteiger partial charge in [-0.2, -0.15) is 0 Å². The van der Waals surface area contributed by atoms with Crippen LogP contribution in [0.4, 0.5) is 0 Å². The normalized spacial score (nSPS) is 18.5. The number of nitrogens with zero attached hydrogens (tertiary/aromatic N) is 2. The van der Waals surface area contributed by atoms with Crippen molar-refractivity contribution >= 4 is 5.91 Å². The molecule has 1 aliphatic heterocycles. The van der Waals surface area contributed by atoms with E-state index in [0.29, 0.717) is 26.2 Å². The molecule has 2 aromatic rings. The molecule has 1 amide bonds. The molecule has 0 N–H and O–H groups in total. The highest BCUT2D eigenvalue weighted by Gasteiger charge is 2.29. The van der Waals surface area contributed by atoms with Gasteiger partial charge in [0.2, 0.25) is 5.91 Å². The van der Waals surface area contributed by atoms with E-state index in [1.165, 1.54) is 5.56 Å². The highest BCUT2D eigenvalue weighted by Crippen LogP contribution is 2.25. The lowest BCUT2D eigenvalue weighted by Crippen LogP contribution is -2.44. The smallest absolute Gasteiger partial charge is 0.227 e. The van der Waals surface area contributed by atoms with E-state index >= 15 is 0 Å². The summed E-state index contributed by atoms with van der Waals surface area (Å²) in [5, 5.41) is 0. The Labute approximate surface area is 131 Å². The first-order valence-corrected chi connectivity index (χ1v) is 7.69. The first-order chi connectivity index (χ1) is 10.6. The largest absolute Gasteiger partial charge is 0.377 e. The van der Waals surface area contributed by atoms with E-state index in [1.54, 1.807) is 0 Å². The predicted molar refractivity (Wildman–Crippen MR) is 85.6 cm³/mol. The highest BCUT2D eigenvalue weighted by molar-refractivity contribution is 5.79. The summed E-state index contributed by atoms with van der Waals surface area (Å²) >= 11 is 0. The first-order valence-electron chi connectivity index (χ1n) is 7.69. The summed E-state index contributed by atoms with van der Waals surface area (Å²) in [5.41, 5.74) is 3.38. The van der Waals surface area contributed by atoms with Crippen LogP contribution in [0.3, 0.4) is 0 Å². The molecule has 1 aromatic heterocycles. The van der Waals surface area contributed by atoms with Gasteiger partial charge in [0.05, 0.1) is 25.7 Å². The molecule has 0 bridgehead atoms. The minimum atomic E-state index is 0.00561. The number of morpholine rings is 1. The number of amides is 1. The van der Waals surface area contributed by atoms with Crippen LogP contribution in [0.5, 0.6) is 0 Å². The van der Waals surface area contributed by atoms with E-state index in [2.05, 4.69) is 29.7 Å². The van der Waals surface area contributed by atoms with Crippen molar-refractivity contribution in [1.82, 2.24) is 9.47 Å². The topological polar surface area (TPSA) is 34.5 Å². The average Bonchev–Trinajstić information content (AvgIpc) is 2.93. The zero-order valence-corrected chi connectivity index (χ0v) is 13.2. The van der Waals surface area contributed by atoms with Gasteiger partial charge in [0.15, 0.2) is 0 Å². The van der Waals surface area contributed by atoms with Crippen molar-refractivity contribution in [3.05, 3.63) is 59.4 Å². The molecule has 4 heteroatoms. The van der Waals surface area contributed by atoms with Gasteiger partial charge in [-0.15, -0.1) is 0 Å². The molecule has 1 aromatic carbocycles. The van der Waals surface area contributed by atoms with Crippen LogP contribution in [0.2, 0.25) is 0 Å². The molecule has 1 saturated heterocycles. The molecule has 4 nitrogen and oxygen atoms in total. The number of carbonyl (C=O) groups excluding carboxylic acids is 1. The Hall–Kier alpha value is -2.07. The molecule has 0 aliphatic carbocycles. The maximum absolute atomic E-state index is 12.8. The summed E-state index contributed by atoms with van der Waals surface area (Å²) < 4.78 is 7.67. The minimum absolute atomic E-state index is 0.00561. The Balaban J connectivity index is 1.78. The monoisotopic (exact) mass is 298 g/mol. The standard InChI is InChI=1S/C18H22N2O2/c1-14-5-3-6-15(11-14)12-18(21)20-9-10-22-13-17(20)16-7-4-8-19(16)2/h3-8,11,17H,9-10,12-13H2,1-2H3/t17-/m1/s1. The van der Waals surface area contributed by atoms with Gasteiger partial charge in [0.1, 0.15) is 0 Å². The van der Waals surface area contributed by atoms with Crippen LogP contribution in [0, 0.1) is 6.92 Å². The quantitative estimate of drug-likeness (QED) is 0.872. The Kier molecular flexibility index (Phi) is 4.29. The molecule has 1 fully saturated rings. The summed E-state index contributed by atoms with van der Waals surface area (Å²) in [6.45, 7) is 3.88. The fraction of sp³-hybridized carbons (Fsp3) is 0.389. The minimum Gasteiger partial charge on any atom is -0.377 e. The summed E-state index contributed by atoms with van der Waals surface area (Å²) in [6.07, 6.45) is 2.45. The van der Waals surface area contributed by atoms with Crippen LogP contribution in [-0.4, -0.2) is 35.1 Å². The van der Waals surface area contributed by atoms with Crippen LogP contribution in [-0.2, 0) is 23.0 Å². The Morgan fingerprint density at radius 1 is 1.32 bits per heavy atom. The van der Waals surface area contributed by atoms with E-state index in [9.17, 15) is 4.79 Å². The van der Waals surface area contributed by atoms with Gasteiger partial charge in [0.25, 0.3) is 0 Å². The van der Waals surface area contributed by atoms with Gasteiger partial charge in [-0.25, -0.2) is 0 Å². The molecule has 1 atom stereocenters. The molecule has 1 aliphatic rings. The van der Waals surface area contributed by atoms with Crippen LogP contribution in [0.25, 0.3) is 0 Å². The summed E-state index contributed by atoms with van der Waals surface area (Å²) in [5.74, 6) is 0.167. The molecule has 0 unspecified atom stereocenters. The van der Waals surface area contributed by atoms with Crippen molar-refractivity contribution in [2.75, 3.05) is 19.8 Å².